The molecule has 22 heavy (non-hydrogen) atoms. The molecule has 0 radical (unpaired) electrons. The zero-order valence-corrected chi connectivity index (χ0v) is 13.4. The number of anilines is 1. The predicted octanol–water partition coefficient (Wildman–Crippen LogP) is 0.579. The summed E-state index contributed by atoms with van der Waals surface area (Å²) in [4.78, 5) is 14.3. The smallest absolute Gasteiger partial charge is 0.239 e. The summed E-state index contributed by atoms with van der Waals surface area (Å²) in [6.07, 6.45) is 0.473. The van der Waals surface area contributed by atoms with Gasteiger partial charge in [-0.05, 0) is 25.5 Å². The minimum Gasteiger partial charge on any atom is -0.490 e. The normalized spacial score (nSPS) is 26.1. The average molecular weight is 324 g/mol. The van der Waals surface area contributed by atoms with E-state index in [9.17, 15) is 13.2 Å². The number of rotatable bonds is 3. The number of hydrogen-bond donors (Lipinski definition) is 1. The molecule has 1 fully saturated rings. The molecule has 3 rings (SSSR count). The summed E-state index contributed by atoms with van der Waals surface area (Å²) in [7, 11) is -3.03. The molecule has 0 aliphatic carbocycles. The van der Waals surface area contributed by atoms with Crippen molar-refractivity contribution in [2.45, 2.75) is 18.9 Å². The second kappa shape index (κ2) is 5.46. The van der Waals surface area contributed by atoms with Crippen molar-refractivity contribution < 1.29 is 17.9 Å². The van der Waals surface area contributed by atoms with Gasteiger partial charge in [0, 0.05) is 0 Å². The number of amides is 1. The Morgan fingerprint density at radius 3 is 2.91 bits per heavy atom. The third kappa shape index (κ3) is 3.19. The second-order valence-electron chi connectivity index (χ2n) is 6.19. The van der Waals surface area contributed by atoms with Gasteiger partial charge >= 0.3 is 0 Å². The van der Waals surface area contributed by atoms with E-state index in [2.05, 4.69) is 5.32 Å². The van der Waals surface area contributed by atoms with Crippen LogP contribution in [-0.2, 0) is 14.6 Å². The van der Waals surface area contributed by atoms with Gasteiger partial charge < -0.3 is 15.0 Å². The van der Waals surface area contributed by atoms with E-state index in [1.165, 1.54) is 0 Å². The Morgan fingerprint density at radius 1 is 1.41 bits per heavy atom. The SMILES string of the molecule is C[C@@]1(NC(=O)CN2CCOc3ccccc32)CCS(=O)(=O)C1. The van der Waals surface area contributed by atoms with E-state index >= 15 is 0 Å². The summed E-state index contributed by atoms with van der Waals surface area (Å²) in [6.45, 7) is 3.17. The first-order valence-corrected chi connectivity index (χ1v) is 9.17. The Labute approximate surface area is 130 Å². The summed E-state index contributed by atoms with van der Waals surface area (Å²) >= 11 is 0. The number of benzene rings is 1. The molecule has 1 saturated heterocycles. The van der Waals surface area contributed by atoms with Crippen LogP contribution in [0.1, 0.15) is 13.3 Å². The summed E-state index contributed by atoms with van der Waals surface area (Å²) in [5.74, 6) is 0.780. The maximum absolute atomic E-state index is 12.3. The lowest BCUT2D eigenvalue weighted by atomic mass is 10.0. The van der Waals surface area contributed by atoms with Crippen molar-refractivity contribution in [1.82, 2.24) is 5.32 Å². The van der Waals surface area contributed by atoms with Gasteiger partial charge in [-0.2, -0.15) is 0 Å². The van der Waals surface area contributed by atoms with E-state index in [0.717, 1.165) is 11.4 Å². The molecule has 120 valence electrons. The Bertz CT molecular complexity index is 689. The molecular formula is C15H20N2O4S. The first-order chi connectivity index (χ1) is 10.4. The van der Waals surface area contributed by atoms with E-state index in [4.69, 9.17) is 4.74 Å². The van der Waals surface area contributed by atoms with Gasteiger partial charge in [0.1, 0.15) is 12.4 Å². The van der Waals surface area contributed by atoms with E-state index in [-0.39, 0.29) is 24.0 Å². The number of nitrogens with one attached hydrogen (secondary N) is 1. The number of fused-ring (bicyclic) bond motifs is 1. The number of ether oxygens (including phenoxy) is 1. The van der Waals surface area contributed by atoms with Gasteiger partial charge in [0.25, 0.3) is 0 Å². The molecule has 6 nitrogen and oxygen atoms in total. The summed E-state index contributed by atoms with van der Waals surface area (Å²) in [6, 6.07) is 7.60. The van der Waals surface area contributed by atoms with E-state index < -0.39 is 15.4 Å². The first kappa shape index (κ1) is 15.1. The third-order valence-electron chi connectivity index (χ3n) is 4.10. The summed E-state index contributed by atoms with van der Waals surface area (Å²) in [5.41, 5.74) is 0.245. The fourth-order valence-electron chi connectivity index (χ4n) is 3.05. The fourth-order valence-corrected chi connectivity index (χ4v) is 5.14. The number of para-hydroxylation sites is 2. The predicted molar refractivity (Wildman–Crippen MR) is 84.0 cm³/mol. The van der Waals surface area contributed by atoms with Crippen molar-refractivity contribution in [3.63, 3.8) is 0 Å². The van der Waals surface area contributed by atoms with Gasteiger partial charge in [-0.1, -0.05) is 12.1 Å². The lowest BCUT2D eigenvalue weighted by Gasteiger charge is -2.32. The van der Waals surface area contributed by atoms with Crippen LogP contribution in [0.4, 0.5) is 5.69 Å². The van der Waals surface area contributed by atoms with Crippen LogP contribution in [-0.4, -0.2) is 51.1 Å². The molecule has 2 heterocycles. The van der Waals surface area contributed by atoms with Gasteiger partial charge in [0.2, 0.25) is 5.91 Å². The standard InChI is InChI=1S/C15H20N2O4S/c1-15(6-9-22(19,20)11-15)16-14(18)10-17-7-8-21-13-5-3-2-4-12(13)17/h2-5H,6-11H2,1H3,(H,16,18)/t15-/m1/s1. The minimum absolute atomic E-state index is 0.0193. The molecular weight excluding hydrogens is 304 g/mol. The van der Waals surface area contributed by atoms with Crippen molar-refractivity contribution in [3.05, 3.63) is 24.3 Å². The van der Waals surface area contributed by atoms with Crippen molar-refractivity contribution in [2.75, 3.05) is 36.1 Å². The number of sulfone groups is 1. The zero-order chi connectivity index (χ0) is 15.8. The Morgan fingerprint density at radius 2 is 2.18 bits per heavy atom. The van der Waals surface area contributed by atoms with Crippen molar-refractivity contribution in [3.8, 4) is 5.75 Å². The van der Waals surface area contributed by atoms with Gasteiger partial charge in [-0.25, -0.2) is 8.42 Å². The minimum atomic E-state index is -3.03. The van der Waals surface area contributed by atoms with Crippen LogP contribution >= 0.6 is 0 Å². The highest BCUT2D eigenvalue weighted by Crippen LogP contribution is 2.30. The van der Waals surface area contributed by atoms with Crippen LogP contribution < -0.4 is 15.0 Å². The van der Waals surface area contributed by atoms with E-state index in [0.29, 0.717) is 19.6 Å². The largest absolute Gasteiger partial charge is 0.490 e. The van der Waals surface area contributed by atoms with E-state index in [1.807, 2.05) is 29.2 Å². The van der Waals surface area contributed by atoms with Crippen LogP contribution in [0.3, 0.4) is 0 Å². The lowest BCUT2D eigenvalue weighted by Crippen LogP contribution is -2.51. The third-order valence-corrected chi connectivity index (χ3v) is 6.01. The average Bonchev–Trinajstić information content (AvgIpc) is 2.72. The number of carbonyl (C=O) groups is 1. The lowest BCUT2D eigenvalue weighted by molar-refractivity contribution is -0.121. The number of nitrogens with zero attached hydrogens (tertiary/aromatic N) is 1. The summed E-state index contributed by atoms with van der Waals surface area (Å²) in [5, 5.41) is 2.89. The quantitative estimate of drug-likeness (QED) is 0.880. The molecule has 0 bridgehead atoms. The zero-order valence-electron chi connectivity index (χ0n) is 12.5. The molecule has 1 aromatic rings. The van der Waals surface area contributed by atoms with E-state index in [1.54, 1.807) is 6.92 Å². The molecule has 0 aromatic heterocycles. The molecule has 7 heteroatoms. The molecule has 2 aliphatic rings. The Hall–Kier alpha value is -1.76. The molecule has 2 aliphatic heterocycles. The molecule has 1 amide bonds. The van der Waals surface area contributed by atoms with Gasteiger partial charge in [-0.3, -0.25) is 4.79 Å². The van der Waals surface area contributed by atoms with Crippen molar-refractivity contribution in [1.29, 1.82) is 0 Å². The van der Waals surface area contributed by atoms with Crippen LogP contribution in [0, 0.1) is 0 Å². The molecule has 0 saturated carbocycles. The maximum Gasteiger partial charge on any atom is 0.239 e. The molecule has 0 unspecified atom stereocenters. The highest BCUT2D eigenvalue weighted by atomic mass is 32.2. The number of hydrogen-bond acceptors (Lipinski definition) is 5. The molecule has 1 atom stereocenters. The van der Waals surface area contributed by atoms with Crippen LogP contribution in [0.25, 0.3) is 0 Å². The fraction of sp³-hybridized carbons (Fsp3) is 0.533. The Balaban J connectivity index is 1.66. The number of carbonyl (C=O) groups excluding carboxylic acids is 1. The molecule has 0 spiro atoms. The summed E-state index contributed by atoms with van der Waals surface area (Å²) < 4.78 is 28.8. The molecule has 1 aromatic carbocycles. The van der Waals surface area contributed by atoms with Crippen LogP contribution in [0.5, 0.6) is 5.75 Å². The van der Waals surface area contributed by atoms with Crippen molar-refractivity contribution in [2.24, 2.45) is 0 Å². The van der Waals surface area contributed by atoms with Gasteiger partial charge in [0.15, 0.2) is 9.84 Å². The first-order valence-electron chi connectivity index (χ1n) is 7.35. The highest BCUT2D eigenvalue weighted by Gasteiger charge is 2.39. The Kier molecular flexibility index (Phi) is 3.76. The van der Waals surface area contributed by atoms with Gasteiger partial charge in [0.05, 0.1) is 35.8 Å². The monoisotopic (exact) mass is 324 g/mol. The van der Waals surface area contributed by atoms with Crippen molar-refractivity contribution >= 4 is 21.4 Å². The maximum atomic E-state index is 12.3. The second-order valence-corrected chi connectivity index (χ2v) is 8.37. The molecule has 1 N–H and O–H groups in total. The van der Waals surface area contributed by atoms with Gasteiger partial charge in [-0.15, -0.1) is 0 Å². The van der Waals surface area contributed by atoms with Crippen LogP contribution in [0.15, 0.2) is 24.3 Å². The van der Waals surface area contributed by atoms with Crippen LogP contribution in [0.2, 0.25) is 0 Å². The highest BCUT2D eigenvalue weighted by molar-refractivity contribution is 7.91. The topological polar surface area (TPSA) is 75.7 Å².